The third-order valence-corrected chi connectivity index (χ3v) is 4.21. The number of benzene rings is 2. The lowest BCUT2D eigenvalue weighted by Gasteiger charge is -2.19. The van der Waals surface area contributed by atoms with Crippen LogP contribution in [0.15, 0.2) is 42.5 Å². The molecule has 0 radical (unpaired) electrons. The number of nitrogens with two attached hydrogens (primary N) is 1. The van der Waals surface area contributed by atoms with E-state index in [9.17, 15) is 9.90 Å². The molecule has 8 nitrogen and oxygen atoms in total. The molecule has 0 fully saturated rings. The predicted molar refractivity (Wildman–Crippen MR) is 97.1 cm³/mol. The Bertz CT molecular complexity index is 982. The van der Waals surface area contributed by atoms with Gasteiger partial charge in [0.1, 0.15) is 19.0 Å². The third kappa shape index (κ3) is 3.34. The normalized spacial score (nSPS) is 12.8. The van der Waals surface area contributed by atoms with Crippen molar-refractivity contribution in [3.05, 3.63) is 53.9 Å². The second kappa shape index (κ2) is 7.08. The second-order valence-electron chi connectivity index (χ2n) is 6.01. The standard InChI is InChI=1S/C19H18N4O4/c20-18(25)12-1-3-13(4-2-12)19-21-17(7-8-24)23(22-19)14-5-6-15-16(11-14)27-10-9-26-15/h1-6,11,24H,7-10H2,(H2,20,25). The zero-order chi connectivity index (χ0) is 18.8. The molecule has 0 aliphatic carbocycles. The van der Waals surface area contributed by atoms with Crippen LogP contribution in [-0.4, -0.2) is 45.6 Å². The van der Waals surface area contributed by atoms with Crippen molar-refractivity contribution >= 4 is 5.91 Å². The Balaban J connectivity index is 1.73. The van der Waals surface area contributed by atoms with Gasteiger partial charge in [0, 0.05) is 23.6 Å². The van der Waals surface area contributed by atoms with Crippen LogP contribution in [0.5, 0.6) is 11.5 Å². The molecule has 1 aliphatic rings. The van der Waals surface area contributed by atoms with E-state index in [4.69, 9.17) is 15.2 Å². The molecule has 3 N–H and O–H groups in total. The largest absolute Gasteiger partial charge is 0.486 e. The van der Waals surface area contributed by atoms with Crippen molar-refractivity contribution in [3.8, 4) is 28.6 Å². The molecule has 0 saturated heterocycles. The Morgan fingerprint density at radius 1 is 1.11 bits per heavy atom. The number of nitrogens with zero attached hydrogens (tertiary/aromatic N) is 3. The topological polar surface area (TPSA) is 112 Å². The highest BCUT2D eigenvalue weighted by Gasteiger charge is 2.17. The second-order valence-corrected chi connectivity index (χ2v) is 6.01. The minimum absolute atomic E-state index is 0.0523. The molecular formula is C19H18N4O4. The summed E-state index contributed by atoms with van der Waals surface area (Å²) < 4.78 is 12.9. The number of aromatic nitrogens is 3. The molecule has 1 aromatic heterocycles. The highest BCUT2D eigenvalue weighted by atomic mass is 16.6. The monoisotopic (exact) mass is 366 g/mol. The van der Waals surface area contributed by atoms with E-state index in [1.165, 1.54) is 0 Å². The first-order valence-electron chi connectivity index (χ1n) is 8.53. The van der Waals surface area contributed by atoms with Crippen LogP contribution in [-0.2, 0) is 6.42 Å². The molecule has 138 valence electrons. The molecule has 1 amide bonds. The number of ether oxygens (including phenoxy) is 2. The highest BCUT2D eigenvalue weighted by molar-refractivity contribution is 5.93. The Morgan fingerprint density at radius 3 is 2.56 bits per heavy atom. The molecule has 8 heteroatoms. The number of amides is 1. The average Bonchev–Trinajstić information content (AvgIpc) is 3.12. The maximum atomic E-state index is 11.2. The number of hydrogen-bond acceptors (Lipinski definition) is 6. The number of aliphatic hydroxyl groups is 1. The number of fused-ring (bicyclic) bond motifs is 1. The van der Waals surface area contributed by atoms with Crippen molar-refractivity contribution in [1.82, 2.24) is 14.8 Å². The van der Waals surface area contributed by atoms with Crippen molar-refractivity contribution < 1.29 is 19.4 Å². The molecule has 1 aliphatic heterocycles. The maximum Gasteiger partial charge on any atom is 0.248 e. The summed E-state index contributed by atoms with van der Waals surface area (Å²) >= 11 is 0. The minimum Gasteiger partial charge on any atom is -0.486 e. The third-order valence-electron chi connectivity index (χ3n) is 4.21. The van der Waals surface area contributed by atoms with Crippen molar-refractivity contribution in [2.75, 3.05) is 19.8 Å². The number of carbonyl (C=O) groups is 1. The van der Waals surface area contributed by atoms with E-state index in [1.54, 1.807) is 28.9 Å². The van der Waals surface area contributed by atoms with E-state index in [2.05, 4.69) is 10.1 Å². The average molecular weight is 366 g/mol. The van der Waals surface area contributed by atoms with Gasteiger partial charge in [-0.05, 0) is 24.3 Å². The summed E-state index contributed by atoms with van der Waals surface area (Å²) in [7, 11) is 0. The molecule has 0 bridgehead atoms. The van der Waals surface area contributed by atoms with Crippen LogP contribution in [0.4, 0.5) is 0 Å². The fourth-order valence-electron chi connectivity index (χ4n) is 2.88. The van der Waals surface area contributed by atoms with Crippen molar-refractivity contribution in [2.24, 2.45) is 5.73 Å². The quantitative estimate of drug-likeness (QED) is 0.705. The lowest BCUT2D eigenvalue weighted by molar-refractivity contribution is 0.100. The SMILES string of the molecule is NC(=O)c1ccc(-c2nc(CCO)n(-c3ccc4c(c3)OCCO4)n2)cc1. The minimum atomic E-state index is -0.489. The van der Waals surface area contributed by atoms with Crippen LogP contribution in [0.1, 0.15) is 16.2 Å². The van der Waals surface area contributed by atoms with E-state index in [0.717, 1.165) is 11.3 Å². The van der Waals surface area contributed by atoms with Crippen LogP contribution >= 0.6 is 0 Å². The first-order chi connectivity index (χ1) is 13.2. The van der Waals surface area contributed by atoms with E-state index >= 15 is 0 Å². The number of primary amides is 1. The number of aliphatic hydroxyl groups excluding tert-OH is 1. The van der Waals surface area contributed by atoms with Crippen LogP contribution in [0.3, 0.4) is 0 Å². The molecule has 4 rings (SSSR count). The summed E-state index contributed by atoms with van der Waals surface area (Å²) in [5.41, 5.74) is 7.20. The molecule has 0 spiro atoms. The lowest BCUT2D eigenvalue weighted by atomic mass is 10.1. The van der Waals surface area contributed by atoms with Gasteiger partial charge in [0.2, 0.25) is 5.91 Å². The molecule has 2 aromatic carbocycles. The van der Waals surface area contributed by atoms with Gasteiger partial charge in [-0.15, -0.1) is 5.10 Å². The Labute approximate surface area is 155 Å². The summed E-state index contributed by atoms with van der Waals surface area (Å²) in [6.45, 7) is 0.967. The van der Waals surface area contributed by atoms with Gasteiger partial charge in [-0.2, -0.15) is 0 Å². The summed E-state index contributed by atoms with van der Waals surface area (Å²) in [6, 6.07) is 12.3. The van der Waals surface area contributed by atoms with E-state index < -0.39 is 5.91 Å². The van der Waals surface area contributed by atoms with Gasteiger partial charge in [-0.1, -0.05) is 12.1 Å². The number of rotatable bonds is 5. The van der Waals surface area contributed by atoms with Gasteiger partial charge >= 0.3 is 0 Å². The Kier molecular flexibility index (Phi) is 4.47. The van der Waals surface area contributed by atoms with Gasteiger partial charge in [0.05, 0.1) is 12.3 Å². The summed E-state index contributed by atoms with van der Waals surface area (Å²) in [6.07, 6.45) is 0.348. The van der Waals surface area contributed by atoms with Crippen LogP contribution in [0.25, 0.3) is 17.1 Å². The first kappa shape index (κ1) is 17.0. The van der Waals surface area contributed by atoms with Gasteiger partial charge < -0.3 is 20.3 Å². The molecule has 27 heavy (non-hydrogen) atoms. The zero-order valence-electron chi connectivity index (χ0n) is 14.5. The fraction of sp³-hybridized carbons (Fsp3) is 0.211. The van der Waals surface area contributed by atoms with Crippen LogP contribution in [0.2, 0.25) is 0 Å². The fourth-order valence-corrected chi connectivity index (χ4v) is 2.88. The molecule has 3 aromatic rings. The van der Waals surface area contributed by atoms with E-state index in [0.29, 0.717) is 48.3 Å². The molecule has 0 atom stereocenters. The van der Waals surface area contributed by atoms with Crippen molar-refractivity contribution in [2.45, 2.75) is 6.42 Å². The summed E-state index contributed by atoms with van der Waals surface area (Å²) in [5.74, 6) is 1.96. The zero-order valence-corrected chi connectivity index (χ0v) is 14.5. The van der Waals surface area contributed by atoms with Crippen LogP contribution < -0.4 is 15.2 Å². The van der Waals surface area contributed by atoms with Gasteiger partial charge in [0.15, 0.2) is 17.3 Å². The summed E-state index contributed by atoms with van der Waals surface area (Å²) in [4.78, 5) is 15.8. The lowest BCUT2D eigenvalue weighted by Crippen LogP contribution is -2.15. The molecule has 0 saturated carbocycles. The van der Waals surface area contributed by atoms with Crippen LogP contribution in [0, 0.1) is 0 Å². The maximum absolute atomic E-state index is 11.2. The van der Waals surface area contributed by atoms with E-state index in [1.807, 2.05) is 18.2 Å². The summed E-state index contributed by atoms with van der Waals surface area (Å²) in [5, 5.41) is 14.0. The Morgan fingerprint density at radius 2 is 1.85 bits per heavy atom. The predicted octanol–water partition coefficient (Wildman–Crippen LogP) is 1.34. The first-order valence-corrected chi connectivity index (χ1v) is 8.53. The van der Waals surface area contributed by atoms with Gasteiger partial charge in [0.25, 0.3) is 0 Å². The highest BCUT2D eigenvalue weighted by Crippen LogP contribution is 2.32. The molecule has 0 unspecified atom stereocenters. The van der Waals surface area contributed by atoms with Crippen molar-refractivity contribution in [3.63, 3.8) is 0 Å². The smallest absolute Gasteiger partial charge is 0.248 e. The van der Waals surface area contributed by atoms with E-state index in [-0.39, 0.29) is 6.61 Å². The van der Waals surface area contributed by atoms with Gasteiger partial charge in [-0.25, -0.2) is 9.67 Å². The van der Waals surface area contributed by atoms with Gasteiger partial charge in [-0.3, -0.25) is 4.79 Å². The molecular weight excluding hydrogens is 348 g/mol. The molecule has 2 heterocycles. The number of carbonyl (C=O) groups excluding carboxylic acids is 1. The Hall–Kier alpha value is -3.39. The van der Waals surface area contributed by atoms with Crippen molar-refractivity contribution in [1.29, 1.82) is 0 Å². The number of hydrogen-bond donors (Lipinski definition) is 2.